The molecule has 0 saturated carbocycles. The number of aromatic nitrogens is 1. The number of hydrogen-bond donors (Lipinski definition) is 2. The Balaban J connectivity index is 0.00000364. The van der Waals surface area contributed by atoms with Gasteiger partial charge in [-0.05, 0) is 29.8 Å². The fraction of sp³-hybridized carbons (Fsp3) is 0.316. The number of hydrogen-bond acceptors (Lipinski definition) is 4. The second-order valence-electron chi connectivity index (χ2n) is 5.92. The predicted molar refractivity (Wildman–Crippen MR) is 117 cm³/mol. The van der Waals surface area contributed by atoms with E-state index in [1.54, 1.807) is 20.3 Å². The maximum atomic E-state index is 11.6. The zero-order valence-electron chi connectivity index (χ0n) is 15.6. The Bertz CT molecular complexity index is 738. The van der Waals surface area contributed by atoms with Gasteiger partial charge in [-0.25, -0.2) is 4.99 Å². The SMILES string of the molecule is CN(C)C(=O)COc1cccc(CN=C(N)NCCc2ccccn2)c1.I. The topological polar surface area (TPSA) is 92.8 Å². The molecule has 3 N–H and O–H groups in total. The maximum Gasteiger partial charge on any atom is 0.259 e. The van der Waals surface area contributed by atoms with Crippen LogP contribution >= 0.6 is 24.0 Å². The van der Waals surface area contributed by atoms with Gasteiger partial charge < -0.3 is 20.7 Å². The summed E-state index contributed by atoms with van der Waals surface area (Å²) in [4.78, 5) is 21.6. The first-order valence-electron chi connectivity index (χ1n) is 8.40. The number of guanidine groups is 1. The van der Waals surface area contributed by atoms with Gasteiger partial charge in [-0.15, -0.1) is 24.0 Å². The molecule has 0 fully saturated rings. The quantitative estimate of drug-likeness (QED) is 0.340. The van der Waals surface area contributed by atoms with E-state index < -0.39 is 0 Å². The van der Waals surface area contributed by atoms with Crippen molar-refractivity contribution in [1.82, 2.24) is 15.2 Å². The molecule has 0 aliphatic heterocycles. The Morgan fingerprint density at radius 2 is 2.07 bits per heavy atom. The molecule has 146 valence electrons. The number of likely N-dealkylation sites (N-methyl/N-ethyl adjacent to an activating group) is 1. The molecule has 0 bridgehead atoms. The van der Waals surface area contributed by atoms with Gasteiger partial charge in [-0.2, -0.15) is 0 Å². The largest absolute Gasteiger partial charge is 0.484 e. The number of nitrogens with zero attached hydrogens (tertiary/aromatic N) is 3. The molecule has 0 aliphatic rings. The van der Waals surface area contributed by atoms with E-state index in [-0.39, 0.29) is 36.5 Å². The molecule has 0 aliphatic carbocycles. The highest BCUT2D eigenvalue weighted by Gasteiger charge is 2.05. The normalized spacial score (nSPS) is 10.7. The summed E-state index contributed by atoms with van der Waals surface area (Å²) < 4.78 is 5.50. The first-order chi connectivity index (χ1) is 12.5. The van der Waals surface area contributed by atoms with Gasteiger partial charge in [-0.3, -0.25) is 9.78 Å². The van der Waals surface area contributed by atoms with Gasteiger partial charge in [0.15, 0.2) is 12.6 Å². The highest BCUT2D eigenvalue weighted by atomic mass is 127. The molecule has 0 saturated heterocycles. The summed E-state index contributed by atoms with van der Waals surface area (Å²) in [5, 5.41) is 3.07. The maximum absolute atomic E-state index is 11.6. The number of benzene rings is 1. The zero-order chi connectivity index (χ0) is 18.8. The third-order valence-electron chi connectivity index (χ3n) is 3.60. The van der Waals surface area contributed by atoms with Crippen molar-refractivity contribution in [3.63, 3.8) is 0 Å². The minimum atomic E-state index is -0.0882. The molecular formula is C19H26IN5O2. The molecule has 7 nitrogen and oxygen atoms in total. The Hall–Kier alpha value is -2.36. The molecule has 0 unspecified atom stereocenters. The number of halogens is 1. The third kappa shape index (κ3) is 8.72. The summed E-state index contributed by atoms with van der Waals surface area (Å²) in [5.74, 6) is 0.930. The van der Waals surface area contributed by atoms with E-state index in [1.165, 1.54) is 4.90 Å². The molecule has 2 aromatic rings. The summed E-state index contributed by atoms with van der Waals surface area (Å²) in [7, 11) is 3.39. The van der Waals surface area contributed by atoms with E-state index in [4.69, 9.17) is 10.5 Å². The number of ether oxygens (including phenoxy) is 1. The fourth-order valence-corrected chi connectivity index (χ4v) is 2.10. The van der Waals surface area contributed by atoms with Crippen LogP contribution in [0.15, 0.2) is 53.7 Å². The second kappa shape index (κ2) is 12.1. The third-order valence-corrected chi connectivity index (χ3v) is 3.60. The predicted octanol–water partition coefficient (Wildman–Crippen LogP) is 1.81. The summed E-state index contributed by atoms with van der Waals surface area (Å²) in [6, 6.07) is 13.3. The van der Waals surface area contributed by atoms with Crippen molar-refractivity contribution in [3.05, 3.63) is 59.9 Å². The van der Waals surface area contributed by atoms with Crippen LogP contribution in [0.3, 0.4) is 0 Å². The number of nitrogens with two attached hydrogens (primary N) is 1. The van der Waals surface area contributed by atoms with Crippen molar-refractivity contribution in [2.45, 2.75) is 13.0 Å². The van der Waals surface area contributed by atoms with Crippen molar-refractivity contribution < 1.29 is 9.53 Å². The second-order valence-corrected chi connectivity index (χ2v) is 5.92. The minimum Gasteiger partial charge on any atom is -0.484 e. The van der Waals surface area contributed by atoms with E-state index in [0.717, 1.165) is 17.7 Å². The van der Waals surface area contributed by atoms with Crippen molar-refractivity contribution >= 4 is 35.8 Å². The number of amides is 1. The van der Waals surface area contributed by atoms with Crippen LogP contribution in [0.2, 0.25) is 0 Å². The number of carbonyl (C=O) groups excluding carboxylic acids is 1. The van der Waals surface area contributed by atoms with Crippen molar-refractivity contribution in [3.8, 4) is 5.75 Å². The molecule has 8 heteroatoms. The lowest BCUT2D eigenvalue weighted by molar-refractivity contribution is -0.130. The van der Waals surface area contributed by atoms with Crippen molar-refractivity contribution in [2.24, 2.45) is 10.7 Å². The van der Waals surface area contributed by atoms with Crippen LogP contribution in [0.5, 0.6) is 5.75 Å². The van der Waals surface area contributed by atoms with E-state index in [9.17, 15) is 4.79 Å². The van der Waals surface area contributed by atoms with Gasteiger partial charge in [-0.1, -0.05) is 18.2 Å². The molecule has 1 amide bonds. The van der Waals surface area contributed by atoms with Gasteiger partial charge >= 0.3 is 0 Å². The van der Waals surface area contributed by atoms with Gasteiger partial charge in [0.05, 0.1) is 6.54 Å². The average molecular weight is 483 g/mol. The van der Waals surface area contributed by atoms with Crippen LogP contribution < -0.4 is 15.8 Å². The highest BCUT2D eigenvalue weighted by molar-refractivity contribution is 14.0. The summed E-state index contributed by atoms with van der Waals surface area (Å²) >= 11 is 0. The van der Waals surface area contributed by atoms with Crippen LogP contribution in [-0.4, -0.2) is 49.0 Å². The van der Waals surface area contributed by atoms with Gasteiger partial charge in [0.25, 0.3) is 5.91 Å². The van der Waals surface area contributed by atoms with Crippen LogP contribution in [0.25, 0.3) is 0 Å². The van der Waals surface area contributed by atoms with Crippen LogP contribution in [0, 0.1) is 0 Å². The van der Waals surface area contributed by atoms with Gasteiger partial charge in [0.2, 0.25) is 0 Å². The molecule has 0 spiro atoms. The number of nitrogens with one attached hydrogen (secondary N) is 1. The Labute approximate surface area is 177 Å². The average Bonchev–Trinajstić information content (AvgIpc) is 2.65. The van der Waals surface area contributed by atoms with Crippen molar-refractivity contribution in [2.75, 3.05) is 27.2 Å². The molecule has 0 atom stereocenters. The molecule has 1 aromatic carbocycles. The number of aliphatic imine (C=N–C) groups is 1. The molecule has 27 heavy (non-hydrogen) atoms. The Morgan fingerprint density at radius 3 is 2.78 bits per heavy atom. The van der Waals surface area contributed by atoms with Crippen molar-refractivity contribution in [1.29, 1.82) is 0 Å². The minimum absolute atomic E-state index is 0. The first kappa shape index (κ1) is 22.7. The summed E-state index contributed by atoms with van der Waals surface area (Å²) in [5.41, 5.74) is 7.85. The molecule has 0 radical (unpaired) electrons. The molecule has 2 rings (SSSR count). The smallest absolute Gasteiger partial charge is 0.259 e. The van der Waals surface area contributed by atoms with E-state index in [2.05, 4.69) is 15.3 Å². The number of rotatable bonds is 8. The van der Waals surface area contributed by atoms with Crippen LogP contribution in [0.4, 0.5) is 0 Å². The Morgan fingerprint density at radius 1 is 1.26 bits per heavy atom. The summed E-state index contributed by atoms with van der Waals surface area (Å²) in [6.07, 6.45) is 2.55. The molecular weight excluding hydrogens is 457 g/mol. The van der Waals surface area contributed by atoms with E-state index in [1.807, 2.05) is 42.5 Å². The molecule has 1 heterocycles. The zero-order valence-corrected chi connectivity index (χ0v) is 17.9. The standard InChI is InChI=1S/C19H25N5O2.HI/c1-24(2)18(25)14-26-17-8-5-6-15(12-17)13-23-19(20)22-11-9-16-7-3-4-10-21-16;/h3-8,10,12H,9,11,13-14H2,1-2H3,(H3,20,22,23);1H. The van der Waals surface area contributed by atoms with Gasteiger partial charge in [0, 0.05) is 39.0 Å². The number of carbonyl (C=O) groups is 1. The van der Waals surface area contributed by atoms with Gasteiger partial charge in [0.1, 0.15) is 5.75 Å². The lowest BCUT2D eigenvalue weighted by Gasteiger charge is -2.11. The van der Waals surface area contributed by atoms with E-state index in [0.29, 0.717) is 24.8 Å². The Kier molecular flexibility index (Phi) is 10.2. The highest BCUT2D eigenvalue weighted by Crippen LogP contribution is 2.14. The van der Waals surface area contributed by atoms with Crippen LogP contribution in [0.1, 0.15) is 11.3 Å². The monoisotopic (exact) mass is 483 g/mol. The lowest BCUT2D eigenvalue weighted by atomic mass is 10.2. The number of pyridine rings is 1. The first-order valence-corrected chi connectivity index (χ1v) is 8.40. The molecule has 1 aromatic heterocycles. The fourth-order valence-electron chi connectivity index (χ4n) is 2.10. The van der Waals surface area contributed by atoms with Crippen LogP contribution in [-0.2, 0) is 17.8 Å². The summed E-state index contributed by atoms with van der Waals surface area (Å²) in [6.45, 7) is 1.11. The van der Waals surface area contributed by atoms with E-state index >= 15 is 0 Å². The lowest BCUT2D eigenvalue weighted by Crippen LogP contribution is -2.33.